The van der Waals surface area contributed by atoms with Crippen LogP contribution in [0.1, 0.15) is 46.6 Å². The minimum Gasteiger partial charge on any atom is -0.486 e. The van der Waals surface area contributed by atoms with Crippen molar-refractivity contribution in [1.82, 2.24) is 25.2 Å². The molecule has 2 aromatic heterocycles. The predicted molar refractivity (Wildman–Crippen MR) is 98.5 cm³/mol. The minimum atomic E-state index is -0.226. The van der Waals surface area contributed by atoms with Crippen LogP contribution in [0.2, 0.25) is 0 Å². The Labute approximate surface area is 155 Å². The molecule has 8 nitrogen and oxygen atoms in total. The maximum Gasteiger partial charge on any atom is 0.257 e. The van der Waals surface area contributed by atoms with Crippen LogP contribution in [-0.4, -0.2) is 31.1 Å². The maximum atomic E-state index is 12.4. The molecule has 26 heavy (non-hydrogen) atoms. The zero-order valence-corrected chi connectivity index (χ0v) is 15.9. The lowest BCUT2D eigenvalue weighted by molar-refractivity contribution is 0.102. The van der Waals surface area contributed by atoms with Gasteiger partial charge in [-0.1, -0.05) is 6.07 Å². The predicted octanol–water partition coefficient (Wildman–Crippen LogP) is 3.16. The van der Waals surface area contributed by atoms with Gasteiger partial charge in [0.25, 0.3) is 5.91 Å². The fourth-order valence-electron chi connectivity index (χ4n) is 2.28. The Morgan fingerprint density at radius 2 is 2.15 bits per heavy atom. The molecule has 0 saturated carbocycles. The number of thiazole rings is 1. The van der Waals surface area contributed by atoms with Crippen molar-refractivity contribution in [2.45, 2.75) is 40.3 Å². The summed E-state index contributed by atoms with van der Waals surface area (Å²) in [6.07, 6.45) is 0. The van der Waals surface area contributed by atoms with Crippen LogP contribution in [0.25, 0.3) is 0 Å². The molecule has 1 N–H and O–H groups in total. The van der Waals surface area contributed by atoms with E-state index in [1.165, 1.54) is 11.3 Å². The summed E-state index contributed by atoms with van der Waals surface area (Å²) >= 11 is 1.46. The monoisotopic (exact) mass is 372 g/mol. The summed E-state index contributed by atoms with van der Waals surface area (Å²) in [7, 11) is 0. The normalized spacial score (nSPS) is 11.0. The summed E-state index contributed by atoms with van der Waals surface area (Å²) in [4.78, 5) is 17.8. The van der Waals surface area contributed by atoms with Crippen LogP contribution < -0.4 is 10.1 Å². The van der Waals surface area contributed by atoms with E-state index in [0.717, 1.165) is 10.6 Å². The Morgan fingerprint density at radius 3 is 2.85 bits per heavy atom. The number of anilines is 1. The zero-order chi connectivity index (χ0) is 18.7. The number of rotatable bonds is 6. The van der Waals surface area contributed by atoms with E-state index in [1.54, 1.807) is 28.9 Å². The summed E-state index contributed by atoms with van der Waals surface area (Å²) in [5, 5.41) is 15.0. The number of ether oxygens (including phenoxy) is 1. The molecule has 3 rings (SSSR count). The number of aryl methyl sites for hydroxylation is 2. The van der Waals surface area contributed by atoms with Crippen LogP contribution in [0.3, 0.4) is 0 Å². The molecule has 0 fully saturated rings. The lowest BCUT2D eigenvalue weighted by atomic mass is 10.2. The molecule has 1 aromatic carbocycles. The molecule has 0 aliphatic heterocycles. The number of hydrogen-bond donors (Lipinski definition) is 1. The van der Waals surface area contributed by atoms with Gasteiger partial charge < -0.3 is 4.74 Å². The molecule has 1 amide bonds. The van der Waals surface area contributed by atoms with Gasteiger partial charge in [-0.2, -0.15) is 0 Å². The molecule has 9 heteroatoms. The van der Waals surface area contributed by atoms with Crippen molar-refractivity contribution in [2.24, 2.45) is 0 Å². The molecule has 0 aliphatic rings. The van der Waals surface area contributed by atoms with Crippen molar-refractivity contribution >= 4 is 22.4 Å². The SMILES string of the molecule is Cc1nc(NC(=O)c2cccc(OCc3nnnn3C(C)C)c2)sc1C. The van der Waals surface area contributed by atoms with Gasteiger partial charge in [0.15, 0.2) is 11.0 Å². The highest BCUT2D eigenvalue weighted by Crippen LogP contribution is 2.22. The zero-order valence-electron chi connectivity index (χ0n) is 15.1. The number of carbonyl (C=O) groups is 1. The highest BCUT2D eigenvalue weighted by Gasteiger charge is 2.13. The molecule has 2 heterocycles. The molecular formula is C17H20N6O2S. The summed E-state index contributed by atoms with van der Waals surface area (Å²) in [6, 6.07) is 7.12. The lowest BCUT2D eigenvalue weighted by Gasteiger charge is -2.10. The topological polar surface area (TPSA) is 94.8 Å². The summed E-state index contributed by atoms with van der Waals surface area (Å²) in [5.74, 6) is 0.974. The molecule has 136 valence electrons. The Bertz CT molecular complexity index is 898. The smallest absolute Gasteiger partial charge is 0.257 e. The molecule has 0 aliphatic carbocycles. The van der Waals surface area contributed by atoms with Gasteiger partial charge in [0.05, 0.1) is 11.7 Å². The molecule has 0 spiro atoms. The number of benzene rings is 1. The molecule has 0 unspecified atom stereocenters. The van der Waals surface area contributed by atoms with Gasteiger partial charge in [0.2, 0.25) is 0 Å². The van der Waals surface area contributed by atoms with Gasteiger partial charge >= 0.3 is 0 Å². The standard InChI is InChI=1S/C17H20N6O2S/c1-10(2)23-15(20-21-22-23)9-25-14-7-5-6-13(8-14)16(24)19-17-18-11(3)12(4)26-17/h5-8,10H,9H2,1-4H3,(H,18,19,24). The number of carbonyl (C=O) groups excluding carboxylic acids is 1. The number of amides is 1. The van der Waals surface area contributed by atoms with E-state index in [0.29, 0.717) is 22.3 Å². The van der Waals surface area contributed by atoms with Crippen molar-refractivity contribution in [1.29, 1.82) is 0 Å². The van der Waals surface area contributed by atoms with Gasteiger partial charge in [-0.05, 0) is 56.3 Å². The molecule has 0 atom stereocenters. The fraction of sp³-hybridized carbons (Fsp3) is 0.353. The second-order valence-electron chi connectivity index (χ2n) is 6.06. The van der Waals surface area contributed by atoms with E-state index in [2.05, 4.69) is 25.8 Å². The van der Waals surface area contributed by atoms with Gasteiger partial charge in [-0.3, -0.25) is 10.1 Å². The number of nitrogens with zero attached hydrogens (tertiary/aromatic N) is 5. The van der Waals surface area contributed by atoms with Gasteiger partial charge in [-0.15, -0.1) is 16.4 Å². The van der Waals surface area contributed by atoms with E-state index in [-0.39, 0.29) is 18.6 Å². The quantitative estimate of drug-likeness (QED) is 0.714. The van der Waals surface area contributed by atoms with Crippen LogP contribution in [0.5, 0.6) is 5.75 Å². The third-order valence-corrected chi connectivity index (χ3v) is 4.75. The van der Waals surface area contributed by atoms with Crippen molar-refractivity contribution in [3.05, 3.63) is 46.2 Å². The maximum absolute atomic E-state index is 12.4. The highest BCUT2D eigenvalue weighted by molar-refractivity contribution is 7.15. The van der Waals surface area contributed by atoms with E-state index < -0.39 is 0 Å². The second-order valence-corrected chi connectivity index (χ2v) is 7.27. The molecule has 3 aromatic rings. The lowest BCUT2D eigenvalue weighted by Crippen LogP contribution is -2.12. The van der Waals surface area contributed by atoms with Crippen molar-refractivity contribution in [2.75, 3.05) is 5.32 Å². The summed E-state index contributed by atoms with van der Waals surface area (Å²) in [5.41, 5.74) is 1.42. The van der Waals surface area contributed by atoms with Crippen LogP contribution in [-0.2, 0) is 6.61 Å². The van der Waals surface area contributed by atoms with Crippen molar-refractivity contribution in [3.8, 4) is 5.75 Å². The van der Waals surface area contributed by atoms with E-state index in [4.69, 9.17) is 4.74 Å². The summed E-state index contributed by atoms with van der Waals surface area (Å²) < 4.78 is 7.45. The van der Waals surface area contributed by atoms with Gasteiger partial charge in [0, 0.05) is 10.4 Å². The molecule has 0 radical (unpaired) electrons. The van der Waals surface area contributed by atoms with E-state index in [1.807, 2.05) is 27.7 Å². The largest absolute Gasteiger partial charge is 0.486 e. The summed E-state index contributed by atoms with van der Waals surface area (Å²) in [6.45, 7) is 8.10. The Kier molecular flexibility index (Phi) is 5.27. The number of tetrazole rings is 1. The Hall–Kier alpha value is -2.81. The van der Waals surface area contributed by atoms with E-state index >= 15 is 0 Å². The van der Waals surface area contributed by atoms with Crippen molar-refractivity contribution in [3.63, 3.8) is 0 Å². The number of aromatic nitrogens is 5. The first-order valence-electron chi connectivity index (χ1n) is 8.19. The highest BCUT2D eigenvalue weighted by atomic mass is 32.1. The average Bonchev–Trinajstić information content (AvgIpc) is 3.20. The average molecular weight is 372 g/mol. The third-order valence-electron chi connectivity index (χ3n) is 3.76. The van der Waals surface area contributed by atoms with Crippen LogP contribution in [0.4, 0.5) is 5.13 Å². The Morgan fingerprint density at radius 1 is 1.35 bits per heavy atom. The molecular weight excluding hydrogens is 352 g/mol. The number of hydrogen-bond acceptors (Lipinski definition) is 7. The fourth-order valence-corrected chi connectivity index (χ4v) is 3.09. The molecule has 0 bridgehead atoms. The Balaban J connectivity index is 1.67. The minimum absolute atomic E-state index is 0.144. The van der Waals surface area contributed by atoms with E-state index in [9.17, 15) is 4.79 Å². The first kappa shape index (κ1) is 18.0. The van der Waals surface area contributed by atoms with Crippen LogP contribution >= 0.6 is 11.3 Å². The van der Waals surface area contributed by atoms with Gasteiger partial charge in [-0.25, -0.2) is 9.67 Å². The van der Waals surface area contributed by atoms with Crippen molar-refractivity contribution < 1.29 is 9.53 Å². The number of nitrogens with one attached hydrogen (secondary N) is 1. The second kappa shape index (κ2) is 7.61. The third kappa shape index (κ3) is 4.05. The van der Waals surface area contributed by atoms with Crippen LogP contribution in [0.15, 0.2) is 24.3 Å². The van der Waals surface area contributed by atoms with Crippen LogP contribution in [0, 0.1) is 13.8 Å². The first-order valence-corrected chi connectivity index (χ1v) is 9.00. The molecule has 0 saturated heterocycles. The van der Waals surface area contributed by atoms with Gasteiger partial charge in [0.1, 0.15) is 12.4 Å². The first-order chi connectivity index (χ1) is 12.4.